The highest BCUT2D eigenvalue weighted by atomic mass is 35.5. The van der Waals surface area contributed by atoms with Crippen LogP contribution >= 0.6 is 11.6 Å². The summed E-state index contributed by atoms with van der Waals surface area (Å²) < 4.78 is 39.7. The Balaban J connectivity index is 2.41. The Kier molecular flexibility index (Phi) is 3.88. The molecular formula is C12H7ClFN3O2S. The van der Waals surface area contributed by atoms with Crippen LogP contribution in [0.4, 0.5) is 10.1 Å². The van der Waals surface area contributed by atoms with E-state index in [4.69, 9.17) is 16.9 Å². The van der Waals surface area contributed by atoms with E-state index >= 15 is 0 Å². The van der Waals surface area contributed by atoms with Gasteiger partial charge in [0.15, 0.2) is 5.69 Å². The third-order valence-corrected chi connectivity index (χ3v) is 4.06. The molecule has 0 atom stereocenters. The van der Waals surface area contributed by atoms with Crippen molar-refractivity contribution in [3.05, 3.63) is 53.1 Å². The first-order chi connectivity index (χ1) is 9.44. The van der Waals surface area contributed by atoms with Crippen LogP contribution in [0.15, 0.2) is 41.4 Å². The molecule has 0 unspecified atom stereocenters. The van der Waals surface area contributed by atoms with E-state index < -0.39 is 15.8 Å². The highest BCUT2D eigenvalue weighted by Gasteiger charge is 2.19. The zero-order valence-corrected chi connectivity index (χ0v) is 11.4. The van der Waals surface area contributed by atoms with E-state index in [9.17, 15) is 12.8 Å². The third kappa shape index (κ3) is 2.87. The molecule has 0 aliphatic heterocycles. The lowest BCUT2D eigenvalue weighted by Crippen LogP contribution is -2.15. The van der Waals surface area contributed by atoms with E-state index in [0.29, 0.717) is 0 Å². The average Bonchev–Trinajstić information content (AvgIpc) is 2.42. The summed E-state index contributed by atoms with van der Waals surface area (Å²) in [5.41, 5.74) is -0.242. The van der Waals surface area contributed by atoms with Crippen LogP contribution < -0.4 is 4.72 Å². The molecule has 0 aliphatic carbocycles. The molecule has 1 N–H and O–H groups in total. The normalized spacial score (nSPS) is 10.8. The van der Waals surface area contributed by atoms with Crippen LogP contribution in [0.3, 0.4) is 0 Å². The molecular weight excluding hydrogens is 305 g/mol. The van der Waals surface area contributed by atoms with Gasteiger partial charge < -0.3 is 0 Å². The van der Waals surface area contributed by atoms with E-state index in [1.165, 1.54) is 30.5 Å². The van der Waals surface area contributed by atoms with Crippen molar-refractivity contribution in [3.63, 3.8) is 0 Å². The number of halogens is 2. The summed E-state index contributed by atoms with van der Waals surface area (Å²) >= 11 is 5.51. The van der Waals surface area contributed by atoms with Crippen molar-refractivity contribution < 1.29 is 12.8 Å². The van der Waals surface area contributed by atoms with E-state index in [-0.39, 0.29) is 21.3 Å². The van der Waals surface area contributed by atoms with Crippen LogP contribution in [0.25, 0.3) is 0 Å². The quantitative estimate of drug-likeness (QED) is 0.944. The molecule has 0 aliphatic rings. The fourth-order valence-corrected chi connectivity index (χ4v) is 2.74. The third-order valence-electron chi connectivity index (χ3n) is 2.34. The van der Waals surface area contributed by atoms with Crippen LogP contribution in [-0.2, 0) is 10.0 Å². The van der Waals surface area contributed by atoms with Crippen molar-refractivity contribution in [3.8, 4) is 6.07 Å². The summed E-state index contributed by atoms with van der Waals surface area (Å²) in [6.07, 6.45) is 1.31. The Labute approximate surface area is 119 Å². The molecule has 2 aromatic rings. The molecule has 1 heterocycles. The lowest BCUT2D eigenvalue weighted by atomic mass is 10.3. The van der Waals surface area contributed by atoms with Crippen molar-refractivity contribution in [2.45, 2.75) is 4.90 Å². The number of pyridine rings is 1. The van der Waals surface area contributed by atoms with Crippen LogP contribution in [0.5, 0.6) is 0 Å². The summed E-state index contributed by atoms with van der Waals surface area (Å²) in [6.45, 7) is 0. The fraction of sp³-hybridized carbons (Fsp3) is 0. The van der Waals surface area contributed by atoms with Gasteiger partial charge in [-0.25, -0.2) is 17.8 Å². The van der Waals surface area contributed by atoms with Gasteiger partial charge in [-0.1, -0.05) is 11.6 Å². The number of rotatable bonds is 3. The van der Waals surface area contributed by atoms with Crippen molar-refractivity contribution >= 4 is 27.3 Å². The summed E-state index contributed by atoms with van der Waals surface area (Å²) in [4.78, 5) is 3.38. The highest BCUT2D eigenvalue weighted by Crippen LogP contribution is 2.22. The Morgan fingerprint density at radius 1 is 1.35 bits per heavy atom. The maximum Gasteiger partial charge on any atom is 0.264 e. The monoisotopic (exact) mass is 311 g/mol. The number of aromatic nitrogens is 1. The second kappa shape index (κ2) is 5.45. The summed E-state index contributed by atoms with van der Waals surface area (Å²) in [6, 6.07) is 7.79. The molecule has 1 aromatic carbocycles. The van der Waals surface area contributed by atoms with E-state index in [1.54, 1.807) is 6.07 Å². The zero-order valence-electron chi connectivity index (χ0n) is 9.84. The van der Waals surface area contributed by atoms with Gasteiger partial charge in [0, 0.05) is 6.20 Å². The number of hydrogen-bond acceptors (Lipinski definition) is 4. The van der Waals surface area contributed by atoms with Gasteiger partial charge in [0.05, 0.1) is 10.7 Å². The molecule has 2 rings (SSSR count). The summed E-state index contributed by atoms with van der Waals surface area (Å²) in [5.74, 6) is -0.751. The maximum atomic E-state index is 13.3. The summed E-state index contributed by atoms with van der Waals surface area (Å²) in [5, 5.41) is 8.73. The predicted octanol–water partition coefficient (Wildman–Crippen LogP) is 2.55. The van der Waals surface area contributed by atoms with Gasteiger partial charge in [0.1, 0.15) is 16.8 Å². The SMILES string of the molecule is N#Cc1ncccc1S(=O)(=O)Nc1ccc(Cl)c(F)c1. The molecule has 102 valence electrons. The van der Waals surface area contributed by atoms with Gasteiger partial charge in [0.25, 0.3) is 10.0 Å². The first-order valence-electron chi connectivity index (χ1n) is 5.27. The molecule has 8 heteroatoms. The van der Waals surface area contributed by atoms with Gasteiger partial charge >= 0.3 is 0 Å². The van der Waals surface area contributed by atoms with Gasteiger partial charge in [-0.15, -0.1) is 0 Å². The molecule has 5 nitrogen and oxygen atoms in total. The molecule has 0 bridgehead atoms. The second-order valence-electron chi connectivity index (χ2n) is 3.70. The topological polar surface area (TPSA) is 82.8 Å². The predicted molar refractivity (Wildman–Crippen MR) is 71.2 cm³/mol. The largest absolute Gasteiger partial charge is 0.279 e. The number of nitrogens with zero attached hydrogens (tertiary/aromatic N) is 2. The molecule has 0 fully saturated rings. The van der Waals surface area contributed by atoms with Crippen molar-refractivity contribution in [2.75, 3.05) is 4.72 Å². The fourth-order valence-electron chi connectivity index (χ4n) is 1.46. The number of hydrogen-bond donors (Lipinski definition) is 1. The Morgan fingerprint density at radius 2 is 2.10 bits per heavy atom. The van der Waals surface area contributed by atoms with Gasteiger partial charge in [-0.05, 0) is 30.3 Å². The van der Waals surface area contributed by atoms with E-state index in [0.717, 1.165) is 6.07 Å². The van der Waals surface area contributed by atoms with Crippen molar-refractivity contribution in [2.24, 2.45) is 0 Å². The number of benzene rings is 1. The van der Waals surface area contributed by atoms with E-state index in [1.807, 2.05) is 0 Å². The molecule has 0 radical (unpaired) electrons. The van der Waals surface area contributed by atoms with Crippen LogP contribution in [0.1, 0.15) is 5.69 Å². The minimum atomic E-state index is -4.03. The smallest absolute Gasteiger partial charge is 0.264 e. The highest BCUT2D eigenvalue weighted by molar-refractivity contribution is 7.92. The molecule has 0 amide bonds. The molecule has 0 saturated carbocycles. The van der Waals surface area contributed by atoms with Crippen LogP contribution in [-0.4, -0.2) is 13.4 Å². The first-order valence-corrected chi connectivity index (χ1v) is 7.13. The zero-order chi connectivity index (χ0) is 14.8. The summed E-state index contributed by atoms with van der Waals surface area (Å²) in [7, 11) is -4.03. The van der Waals surface area contributed by atoms with Crippen LogP contribution in [0, 0.1) is 17.1 Å². The van der Waals surface area contributed by atoms with Gasteiger partial charge in [-0.2, -0.15) is 5.26 Å². The van der Waals surface area contributed by atoms with Crippen molar-refractivity contribution in [1.82, 2.24) is 4.98 Å². The number of nitriles is 1. The first kappa shape index (κ1) is 14.2. The van der Waals surface area contributed by atoms with Crippen LogP contribution in [0.2, 0.25) is 5.02 Å². The Hall–Kier alpha value is -2.17. The average molecular weight is 312 g/mol. The molecule has 0 saturated heterocycles. The van der Waals surface area contributed by atoms with Gasteiger partial charge in [-0.3, -0.25) is 4.72 Å². The Morgan fingerprint density at radius 3 is 2.75 bits per heavy atom. The minimum Gasteiger partial charge on any atom is -0.279 e. The number of anilines is 1. The van der Waals surface area contributed by atoms with Crippen molar-refractivity contribution in [1.29, 1.82) is 5.26 Å². The maximum absolute atomic E-state index is 13.3. The second-order valence-corrected chi connectivity index (χ2v) is 5.75. The Bertz CT molecular complexity index is 803. The molecule has 1 aromatic heterocycles. The number of sulfonamides is 1. The van der Waals surface area contributed by atoms with E-state index in [2.05, 4.69) is 9.71 Å². The van der Waals surface area contributed by atoms with Gasteiger partial charge in [0.2, 0.25) is 0 Å². The number of nitrogens with one attached hydrogen (secondary N) is 1. The lowest BCUT2D eigenvalue weighted by molar-refractivity contribution is 0.600. The lowest BCUT2D eigenvalue weighted by Gasteiger charge is -2.09. The standard InChI is InChI=1S/C12H7ClFN3O2S/c13-9-4-3-8(6-10(9)14)17-20(18,19)12-2-1-5-16-11(12)7-15/h1-6,17H. The molecule has 20 heavy (non-hydrogen) atoms. The minimum absolute atomic E-state index is 0.000331. The molecule has 0 spiro atoms.